The third-order valence-corrected chi connectivity index (χ3v) is 4.72. The van der Waals surface area contributed by atoms with Crippen molar-refractivity contribution in [1.82, 2.24) is 5.32 Å². The molecule has 1 nitrogen and oxygen atoms in total. The van der Waals surface area contributed by atoms with Gasteiger partial charge in [0.15, 0.2) is 0 Å². The van der Waals surface area contributed by atoms with Crippen LogP contribution in [0.15, 0.2) is 16.6 Å². The van der Waals surface area contributed by atoms with E-state index in [0.717, 1.165) is 25.7 Å². The molecule has 1 aromatic rings. The number of benzene rings is 1. The van der Waals surface area contributed by atoms with Crippen molar-refractivity contribution < 1.29 is 8.78 Å². The molecular formula is C13H15BrClF2N. The quantitative estimate of drug-likeness (QED) is 0.635. The number of alkyl halides is 1. The van der Waals surface area contributed by atoms with Crippen molar-refractivity contribution in [2.45, 2.75) is 37.8 Å². The molecule has 1 aliphatic rings. The molecule has 0 bridgehead atoms. The average molecular weight is 339 g/mol. The maximum absolute atomic E-state index is 13.8. The van der Waals surface area contributed by atoms with E-state index in [1.165, 1.54) is 12.1 Å². The first-order valence-electron chi connectivity index (χ1n) is 6.01. The Morgan fingerprint density at radius 3 is 2.56 bits per heavy atom. The van der Waals surface area contributed by atoms with Crippen LogP contribution in [-0.2, 0) is 6.54 Å². The summed E-state index contributed by atoms with van der Waals surface area (Å²) in [5.41, 5.74) is -0.0938. The van der Waals surface area contributed by atoms with E-state index >= 15 is 0 Å². The fraction of sp³-hybridized carbons (Fsp3) is 0.538. The molecule has 1 fully saturated rings. The zero-order chi connectivity index (χ0) is 13.2. The van der Waals surface area contributed by atoms with Crippen LogP contribution in [0.2, 0.25) is 0 Å². The van der Waals surface area contributed by atoms with Gasteiger partial charge in [-0.25, -0.2) is 8.78 Å². The molecule has 0 unspecified atom stereocenters. The first kappa shape index (κ1) is 14.2. The van der Waals surface area contributed by atoms with E-state index < -0.39 is 11.6 Å². The highest BCUT2D eigenvalue weighted by Gasteiger charge is 2.32. The minimum Gasteiger partial charge on any atom is -0.306 e. The Morgan fingerprint density at radius 2 is 1.94 bits per heavy atom. The zero-order valence-electron chi connectivity index (χ0n) is 9.91. The summed E-state index contributed by atoms with van der Waals surface area (Å²) in [7, 11) is 0. The lowest BCUT2D eigenvalue weighted by Crippen LogP contribution is -2.44. The van der Waals surface area contributed by atoms with Gasteiger partial charge in [-0.15, -0.1) is 11.6 Å². The zero-order valence-corrected chi connectivity index (χ0v) is 12.3. The number of hydrogen-bond acceptors (Lipinski definition) is 1. The summed E-state index contributed by atoms with van der Waals surface area (Å²) in [5.74, 6) is -0.583. The Balaban J connectivity index is 2.12. The molecule has 2 rings (SSSR count). The maximum atomic E-state index is 13.8. The molecule has 1 aliphatic carbocycles. The lowest BCUT2D eigenvalue weighted by molar-refractivity contribution is 0.360. The van der Waals surface area contributed by atoms with E-state index in [0.29, 0.717) is 5.88 Å². The summed E-state index contributed by atoms with van der Waals surface area (Å²) in [5, 5.41) is 3.24. The van der Waals surface area contributed by atoms with E-state index in [4.69, 9.17) is 11.6 Å². The Labute approximate surface area is 119 Å². The van der Waals surface area contributed by atoms with Crippen LogP contribution in [0, 0.1) is 11.6 Å². The summed E-state index contributed by atoms with van der Waals surface area (Å²) in [6.45, 7) is 0.170. The Hall–Kier alpha value is -0.190. The summed E-state index contributed by atoms with van der Waals surface area (Å²) in [6.07, 6.45) is 4.16. The fourth-order valence-electron chi connectivity index (χ4n) is 2.42. The highest BCUT2D eigenvalue weighted by molar-refractivity contribution is 9.10. The molecule has 0 amide bonds. The van der Waals surface area contributed by atoms with Crippen LogP contribution in [-0.4, -0.2) is 11.4 Å². The fourth-order valence-corrected chi connectivity index (χ4v) is 3.15. The smallest absolute Gasteiger partial charge is 0.144 e. The van der Waals surface area contributed by atoms with Crippen molar-refractivity contribution in [3.8, 4) is 0 Å². The minimum atomic E-state index is -0.537. The number of nitrogens with one attached hydrogen (secondary N) is 1. The van der Waals surface area contributed by atoms with Crippen molar-refractivity contribution in [3.63, 3.8) is 0 Å². The van der Waals surface area contributed by atoms with Gasteiger partial charge in [-0.1, -0.05) is 12.8 Å². The van der Waals surface area contributed by atoms with Crippen LogP contribution < -0.4 is 5.32 Å². The molecule has 0 radical (unpaired) electrons. The Bertz CT molecular complexity index is 433. The first-order valence-corrected chi connectivity index (χ1v) is 7.34. The van der Waals surface area contributed by atoms with Gasteiger partial charge in [0.05, 0.1) is 4.47 Å². The van der Waals surface area contributed by atoms with Crippen LogP contribution >= 0.6 is 27.5 Å². The van der Waals surface area contributed by atoms with Gasteiger partial charge < -0.3 is 5.32 Å². The second-order valence-corrected chi connectivity index (χ2v) is 5.92. The van der Waals surface area contributed by atoms with Crippen LogP contribution in [0.3, 0.4) is 0 Å². The van der Waals surface area contributed by atoms with E-state index in [2.05, 4.69) is 21.2 Å². The molecule has 1 aromatic carbocycles. The molecule has 0 aromatic heterocycles. The molecule has 100 valence electrons. The lowest BCUT2D eigenvalue weighted by Gasteiger charge is -2.28. The summed E-state index contributed by atoms with van der Waals surface area (Å²) in [4.78, 5) is 0. The number of hydrogen-bond donors (Lipinski definition) is 1. The van der Waals surface area contributed by atoms with Crippen molar-refractivity contribution in [3.05, 3.63) is 33.8 Å². The van der Waals surface area contributed by atoms with Crippen molar-refractivity contribution in [1.29, 1.82) is 0 Å². The van der Waals surface area contributed by atoms with E-state index in [1.54, 1.807) is 0 Å². The summed E-state index contributed by atoms with van der Waals surface area (Å²) >= 11 is 9.05. The minimum absolute atomic E-state index is 0.0702. The van der Waals surface area contributed by atoms with Crippen LogP contribution in [0.4, 0.5) is 8.78 Å². The third-order valence-electron chi connectivity index (χ3n) is 3.60. The van der Waals surface area contributed by atoms with E-state index in [-0.39, 0.29) is 22.1 Å². The normalized spacial score (nSPS) is 18.2. The lowest BCUT2D eigenvalue weighted by atomic mass is 10.00. The van der Waals surface area contributed by atoms with Gasteiger partial charge in [0.2, 0.25) is 0 Å². The van der Waals surface area contributed by atoms with Crippen molar-refractivity contribution in [2.75, 3.05) is 5.88 Å². The highest BCUT2D eigenvalue weighted by Crippen LogP contribution is 2.31. The third kappa shape index (κ3) is 2.86. The molecule has 0 saturated heterocycles. The molecule has 0 atom stereocenters. The molecule has 0 aliphatic heterocycles. The molecular weight excluding hydrogens is 324 g/mol. The SMILES string of the molecule is Fc1ccc(Br)c(F)c1CNC1(CCl)CCCC1. The molecule has 1 saturated carbocycles. The predicted molar refractivity (Wildman–Crippen MR) is 72.8 cm³/mol. The van der Waals surface area contributed by atoms with Crippen LogP contribution in [0.25, 0.3) is 0 Å². The van der Waals surface area contributed by atoms with Crippen LogP contribution in [0.1, 0.15) is 31.2 Å². The number of rotatable bonds is 4. The van der Waals surface area contributed by atoms with E-state index in [1.807, 2.05) is 0 Å². The predicted octanol–water partition coefficient (Wildman–Crippen LogP) is 4.37. The van der Waals surface area contributed by atoms with Gasteiger partial charge in [-0.05, 0) is 40.9 Å². The first-order chi connectivity index (χ1) is 8.58. The summed E-state index contributed by atoms with van der Waals surface area (Å²) < 4.78 is 27.7. The van der Waals surface area contributed by atoms with Gasteiger partial charge in [0.1, 0.15) is 11.6 Å². The molecule has 1 N–H and O–H groups in total. The standard InChI is InChI=1S/C13H15BrClF2N/c14-10-3-4-11(16)9(12(10)17)7-18-13(8-15)5-1-2-6-13/h3-4,18H,1-2,5-8H2. The second kappa shape index (κ2) is 5.85. The molecule has 18 heavy (non-hydrogen) atoms. The molecule has 5 heteroatoms. The van der Waals surface area contributed by atoms with Gasteiger partial charge >= 0.3 is 0 Å². The van der Waals surface area contributed by atoms with Crippen molar-refractivity contribution >= 4 is 27.5 Å². The van der Waals surface area contributed by atoms with Crippen LogP contribution in [0.5, 0.6) is 0 Å². The molecule has 0 spiro atoms. The Kier molecular flexibility index (Phi) is 4.62. The average Bonchev–Trinajstić information content (AvgIpc) is 2.84. The second-order valence-electron chi connectivity index (χ2n) is 4.80. The monoisotopic (exact) mass is 337 g/mol. The summed E-state index contributed by atoms with van der Waals surface area (Å²) in [6, 6.07) is 2.65. The van der Waals surface area contributed by atoms with Gasteiger partial charge in [-0.2, -0.15) is 0 Å². The maximum Gasteiger partial charge on any atom is 0.144 e. The highest BCUT2D eigenvalue weighted by atomic mass is 79.9. The Morgan fingerprint density at radius 1 is 1.28 bits per heavy atom. The molecule has 0 heterocycles. The topological polar surface area (TPSA) is 12.0 Å². The van der Waals surface area contributed by atoms with E-state index in [9.17, 15) is 8.78 Å². The van der Waals surface area contributed by atoms with Gasteiger partial charge in [-0.3, -0.25) is 0 Å². The largest absolute Gasteiger partial charge is 0.306 e. The van der Waals surface area contributed by atoms with Gasteiger partial charge in [0.25, 0.3) is 0 Å². The number of halogens is 4. The van der Waals surface area contributed by atoms with Gasteiger partial charge in [0, 0.05) is 23.5 Å². The van der Waals surface area contributed by atoms with Crippen molar-refractivity contribution in [2.24, 2.45) is 0 Å².